The second-order valence-electron chi connectivity index (χ2n) is 25.9. The van der Waals surface area contributed by atoms with Gasteiger partial charge in [0.05, 0.1) is 64.1 Å². The van der Waals surface area contributed by atoms with Crippen LogP contribution < -0.4 is 0 Å². The van der Waals surface area contributed by atoms with Gasteiger partial charge >= 0.3 is 0 Å². The number of aliphatic hydroxyl groups is 11. The van der Waals surface area contributed by atoms with Gasteiger partial charge in [-0.05, 0) is 201 Å². The molecule has 0 saturated carbocycles. The van der Waals surface area contributed by atoms with Gasteiger partial charge in [0.25, 0.3) is 0 Å². The summed E-state index contributed by atoms with van der Waals surface area (Å²) in [6.45, 7) is 72.9. The van der Waals surface area contributed by atoms with E-state index < -0.39 is 45.3 Å². The van der Waals surface area contributed by atoms with Gasteiger partial charge < -0.3 is 56.2 Å². The fourth-order valence-corrected chi connectivity index (χ4v) is 0. The van der Waals surface area contributed by atoms with E-state index in [4.69, 9.17) is 56.2 Å². The van der Waals surface area contributed by atoms with Crippen molar-refractivity contribution in [3.63, 3.8) is 0 Å². The van der Waals surface area contributed by atoms with E-state index in [1.165, 1.54) is 26.2 Å². The summed E-state index contributed by atoms with van der Waals surface area (Å²) in [6.07, 6.45) is 7.33. The van der Waals surface area contributed by atoms with Gasteiger partial charge in [-0.25, -0.2) is 0 Å². The van der Waals surface area contributed by atoms with Crippen LogP contribution in [-0.4, -0.2) is 120 Å². The topological polar surface area (TPSA) is 223 Å². The van der Waals surface area contributed by atoms with E-state index in [1.807, 2.05) is 34.6 Å². The highest BCUT2D eigenvalue weighted by Gasteiger charge is 2.07. The molecule has 0 bridgehead atoms. The molecule has 72 heavy (non-hydrogen) atoms. The normalized spacial score (nSPS) is 12.0. The average Bonchev–Trinajstić information content (AvgIpc) is 3.12. The minimum atomic E-state index is -0.560. The third kappa shape index (κ3) is 773. The zero-order chi connectivity index (χ0) is 62.9. The van der Waals surface area contributed by atoms with Crippen LogP contribution in [0.5, 0.6) is 0 Å². The molecule has 0 saturated heterocycles. The Morgan fingerprint density at radius 2 is 0.319 bits per heavy atom. The molecular formula is C61H150O11. The lowest BCUT2D eigenvalue weighted by Crippen LogP contribution is -2.15. The van der Waals surface area contributed by atoms with E-state index in [-0.39, 0.29) is 18.8 Å². The van der Waals surface area contributed by atoms with Gasteiger partial charge in [-0.2, -0.15) is 0 Å². The van der Waals surface area contributed by atoms with E-state index in [0.717, 1.165) is 55.8 Å². The molecule has 0 fully saturated rings. The van der Waals surface area contributed by atoms with Crippen LogP contribution in [0.25, 0.3) is 0 Å². The maximum atomic E-state index is 8.83. The van der Waals surface area contributed by atoms with Crippen molar-refractivity contribution in [2.75, 3.05) is 6.61 Å². The second-order valence-corrected chi connectivity index (χ2v) is 25.9. The first-order chi connectivity index (χ1) is 31.0. The third-order valence-electron chi connectivity index (χ3n) is 6.49. The van der Waals surface area contributed by atoms with Crippen molar-refractivity contribution in [1.29, 1.82) is 0 Å². The van der Waals surface area contributed by atoms with Crippen LogP contribution >= 0.6 is 0 Å². The zero-order valence-corrected chi connectivity index (χ0v) is 56.8. The largest absolute Gasteiger partial charge is 0.394 e. The Morgan fingerprint density at radius 1 is 0.264 bits per heavy atom. The highest BCUT2D eigenvalue weighted by atomic mass is 16.3. The molecular weight excluding hydrogens is 909 g/mol. The molecule has 0 heterocycles. The van der Waals surface area contributed by atoms with Crippen LogP contribution in [0, 0.1) is 23.7 Å². The predicted molar refractivity (Wildman–Crippen MR) is 326 cm³/mol. The lowest BCUT2D eigenvalue weighted by atomic mass is 10.1. The van der Waals surface area contributed by atoms with Crippen molar-refractivity contribution in [3.05, 3.63) is 0 Å². The summed E-state index contributed by atoms with van der Waals surface area (Å²) < 4.78 is 0. The third-order valence-corrected chi connectivity index (χ3v) is 6.49. The SMILES string of the molecule is CC(C)(C)O.CC(C)(C)O.CC(C)(C)O.CC(C)(C)O.CC(C)C.CCC(C)(C)O.CCC(C)(C)O.CCC(C)(C)O.CCC(C)C.CCC(C)C.CCC(C)C.CCC(C)O.CC[C@H](C)O.C[C@@H](O)CO. The molecule has 0 aliphatic rings. The minimum absolute atomic E-state index is 0.116. The molecule has 0 aliphatic carbocycles. The molecule has 0 aromatic rings. The van der Waals surface area contributed by atoms with Crippen molar-refractivity contribution >= 4 is 0 Å². The van der Waals surface area contributed by atoms with Crippen LogP contribution in [0.4, 0.5) is 0 Å². The first-order valence-electron chi connectivity index (χ1n) is 27.8. The summed E-state index contributed by atoms with van der Waals surface area (Å²) in [6, 6.07) is 0. The van der Waals surface area contributed by atoms with Crippen LogP contribution in [0.2, 0.25) is 0 Å². The average molecular weight is 1060 g/mol. The lowest BCUT2D eigenvalue weighted by molar-refractivity contribution is 0.0759. The van der Waals surface area contributed by atoms with Crippen molar-refractivity contribution in [2.24, 2.45) is 23.7 Å². The Morgan fingerprint density at radius 3 is 0.319 bits per heavy atom. The first kappa shape index (κ1) is 108. The van der Waals surface area contributed by atoms with Gasteiger partial charge in [-0.1, -0.05) is 137 Å². The molecule has 1 unspecified atom stereocenters. The summed E-state index contributed by atoms with van der Waals surface area (Å²) in [7, 11) is 0. The van der Waals surface area contributed by atoms with Crippen molar-refractivity contribution in [1.82, 2.24) is 0 Å². The zero-order valence-electron chi connectivity index (χ0n) is 56.8. The predicted octanol–water partition coefficient (Wildman–Crippen LogP) is 15.3. The smallest absolute Gasteiger partial charge is 0.0742 e. The molecule has 0 radical (unpaired) electrons. The maximum Gasteiger partial charge on any atom is 0.0742 e. The molecule has 3 atom stereocenters. The van der Waals surface area contributed by atoms with Crippen LogP contribution in [0.1, 0.15) is 314 Å². The number of hydrogen-bond acceptors (Lipinski definition) is 11. The van der Waals surface area contributed by atoms with Crippen LogP contribution in [-0.2, 0) is 0 Å². The van der Waals surface area contributed by atoms with Gasteiger partial charge in [-0.3, -0.25) is 0 Å². The van der Waals surface area contributed by atoms with E-state index in [1.54, 1.807) is 138 Å². The molecule has 0 aromatic heterocycles. The molecule has 0 aromatic carbocycles. The van der Waals surface area contributed by atoms with Crippen LogP contribution in [0.3, 0.4) is 0 Å². The summed E-state index contributed by atoms with van der Waals surface area (Å²) in [4.78, 5) is 0. The van der Waals surface area contributed by atoms with Crippen molar-refractivity contribution < 1.29 is 56.2 Å². The Balaban J connectivity index is -0.0000000420. The van der Waals surface area contributed by atoms with Crippen LogP contribution in [0.15, 0.2) is 0 Å². The van der Waals surface area contributed by atoms with Gasteiger partial charge in [0.1, 0.15) is 0 Å². The molecule has 0 amide bonds. The summed E-state index contributed by atoms with van der Waals surface area (Å²) in [5, 5.41) is 93.3. The van der Waals surface area contributed by atoms with Gasteiger partial charge in [0.2, 0.25) is 0 Å². The summed E-state index contributed by atoms with van der Waals surface area (Å²) in [5.41, 5.74) is -3.37. The highest BCUT2D eigenvalue weighted by molar-refractivity contribution is 4.60. The Hall–Kier alpha value is -0.440. The molecule has 460 valence electrons. The first-order valence-corrected chi connectivity index (χ1v) is 27.8. The second kappa shape index (κ2) is 66.7. The monoisotopic (exact) mass is 1060 g/mol. The Bertz CT molecular complexity index is 682. The van der Waals surface area contributed by atoms with E-state index >= 15 is 0 Å². The molecule has 11 N–H and O–H groups in total. The van der Waals surface area contributed by atoms with Gasteiger partial charge in [-0.15, -0.1) is 0 Å². The summed E-state index contributed by atoms with van der Waals surface area (Å²) >= 11 is 0. The highest BCUT2D eigenvalue weighted by Crippen LogP contribution is 2.05. The van der Waals surface area contributed by atoms with E-state index in [2.05, 4.69) is 83.1 Å². The van der Waals surface area contributed by atoms with Crippen molar-refractivity contribution in [2.45, 2.75) is 372 Å². The van der Waals surface area contributed by atoms with E-state index in [0.29, 0.717) is 0 Å². The van der Waals surface area contributed by atoms with Gasteiger partial charge in [0, 0.05) is 0 Å². The van der Waals surface area contributed by atoms with Crippen molar-refractivity contribution in [3.8, 4) is 0 Å². The number of aliphatic hydroxyl groups excluding tert-OH is 4. The molecule has 11 heteroatoms. The molecule has 0 spiro atoms. The maximum absolute atomic E-state index is 8.83. The number of rotatable bonds is 9. The fraction of sp³-hybridized carbons (Fsp3) is 1.00. The van der Waals surface area contributed by atoms with E-state index in [9.17, 15) is 0 Å². The quantitative estimate of drug-likeness (QED) is 0.104. The molecule has 0 aliphatic heterocycles. The molecule has 0 rings (SSSR count). The lowest BCUT2D eigenvalue weighted by Gasteiger charge is -2.11. The minimum Gasteiger partial charge on any atom is -0.394 e. The Labute approximate surface area is 456 Å². The molecule has 11 nitrogen and oxygen atoms in total. The number of hydrogen-bond donors (Lipinski definition) is 11. The Kier molecular flexibility index (Phi) is 99.6. The fourth-order valence-electron chi connectivity index (χ4n) is 0. The standard InChI is InChI=1S/3C5H12O.3C5H12.6C4H10O.C4H10.C3H8O2/c3*1-4-5(2,3)6;3*1-4-5(2)3;4*1-4(2,3)5;2*1-3-4(2)5;1-4(2)3;1-3(5)2-4/h3*6H,4H2,1-3H3;3*5H,4H2,1-3H3;4*5H,1-3H3;2*4-5H,3H2,1-2H3;4H,1-3H3;3-5H,2H2,1H3/t;;;;;;;;;;4-;;;3-/m..........0..1/s1. The summed E-state index contributed by atoms with van der Waals surface area (Å²) in [5.74, 6) is 3.49. The van der Waals surface area contributed by atoms with Gasteiger partial charge in [0.15, 0.2) is 0 Å².